The van der Waals surface area contributed by atoms with E-state index in [4.69, 9.17) is 0 Å². The van der Waals surface area contributed by atoms with Crippen molar-refractivity contribution in [3.8, 4) is 11.8 Å². The van der Waals surface area contributed by atoms with Gasteiger partial charge < -0.3 is 0 Å². The molecule has 1 nitrogen and oxygen atoms in total. The van der Waals surface area contributed by atoms with Gasteiger partial charge >= 0.3 is 0 Å². The Balaban J connectivity index is 2.09. The zero-order valence-corrected chi connectivity index (χ0v) is 12.2. The summed E-state index contributed by atoms with van der Waals surface area (Å²) in [7, 11) is 0. The first-order chi connectivity index (χ1) is 9.27. The van der Waals surface area contributed by atoms with Gasteiger partial charge in [-0.05, 0) is 24.3 Å². The molecule has 1 saturated carbocycles. The molecule has 0 aliphatic heterocycles. The summed E-state index contributed by atoms with van der Waals surface area (Å²) in [6, 6.07) is 10.6. The molecule has 102 valence electrons. The van der Waals surface area contributed by atoms with E-state index in [2.05, 4.69) is 61.3 Å². The monoisotopic (exact) mass is 255 g/mol. The fourth-order valence-corrected chi connectivity index (χ4v) is 2.94. The third-order valence-corrected chi connectivity index (χ3v) is 4.24. The first-order valence-electron chi connectivity index (χ1n) is 7.56. The summed E-state index contributed by atoms with van der Waals surface area (Å²) in [5.74, 6) is 7.50. The predicted octanol–water partition coefficient (Wildman–Crippen LogP) is 4.14. The van der Waals surface area contributed by atoms with E-state index in [-0.39, 0.29) is 5.54 Å². The molecule has 0 aromatic heterocycles. The third kappa shape index (κ3) is 3.61. The molecule has 1 N–H and O–H groups in total. The molecule has 1 aliphatic carbocycles. The fourth-order valence-electron chi connectivity index (χ4n) is 2.94. The van der Waals surface area contributed by atoms with Gasteiger partial charge in [-0.1, -0.05) is 62.9 Å². The van der Waals surface area contributed by atoms with E-state index in [1.807, 2.05) is 0 Å². The molecule has 0 unspecified atom stereocenters. The van der Waals surface area contributed by atoms with Gasteiger partial charge in [-0.25, -0.2) is 0 Å². The molecule has 0 saturated heterocycles. The van der Waals surface area contributed by atoms with E-state index >= 15 is 0 Å². The quantitative estimate of drug-likeness (QED) is 0.800. The molecule has 2 rings (SSSR count). The van der Waals surface area contributed by atoms with Crippen molar-refractivity contribution >= 4 is 0 Å². The van der Waals surface area contributed by atoms with Crippen LogP contribution in [-0.2, 0) is 6.54 Å². The molecule has 1 aromatic carbocycles. The molecule has 0 heterocycles. The number of benzene rings is 1. The summed E-state index contributed by atoms with van der Waals surface area (Å²) in [4.78, 5) is 0. The second-order valence-corrected chi connectivity index (χ2v) is 5.61. The van der Waals surface area contributed by atoms with E-state index in [1.54, 1.807) is 0 Å². The highest BCUT2D eigenvalue weighted by molar-refractivity contribution is 5.22. The van der Waals surface area contributed by atoms with Gasteiger partial charge in [0, 0.05) is 13.0 Å². The lowest BCUT2D eigenvalue weighted by Gasteiger charge is -2.39. The molecule has 2 atom stereocenters. The van der Waals surface area contributed by atoms with Crippen molar-refractivity contribution < 1.29 is 0 Å². The first-order valence-corrected chi connectivity index (χ1v) is 7.56. The Labute approximate surface area is 117 Å². The molecule has 1 aliphatic rings. The van der Waals surface area contributed by atoms with Crippen LogP contribution < -0.4 is 5.32 Å². The maximum absolute atomic E-state index is 3.76. The smallest absolute Gasteiger partial charge is 0.0829 e. The van der Waals surface area contributed by atoms with Crippen LogP contribution in [0.2, 0.25) is 0 Å². The number of hydrogen-bond acceptors (Lipinski definition) is 1. The number of hydrogen-bond donors (Lipinski definition) is 1. The molecule has 0 spiro atoms. The molecule has 1 fully saturated rings. The summed E-state index contributed by atoms with van der Waals surface area (Å²) in [6.45, 7) is 5.40. The van der Waals surface area contributed by atoms with E-state index < -0.39 is 0 Å². The average molecular weight is 255 g/mol. The van der Waals surface area contributed by atoms with Gasteiger partial charge in [-0.2, -0.15) is 0 Å². The van der Waals surface area contributed by atoms with Gasteiger partial charge in [0.05, 0.1) is 5.54 Å². The normalized spacial score (nSPS) is 26.5. The van der Waals surface area contributed by atoms with Crippen LogP contribution in [0.3, 0.4) is 0 Å². The zero-order valence-electron chi connectivity index (χ0n) is 12.2. The Morgan fingerprint density at radius 1 is 1.26 bits per heavy atom. The van der Waals surface area contributed by atoms with Crippen molar-refractivity contribution in [3.05, 3.63) is 35.9 Å². The predicted molar refractivity (Wildman–Crippen MR) is 81.7 cm³/mol. The van der Waals surface area contributed by atoms with Crippen molar-refractivity contribution in [3.63, 3.8) is 0 Å². The van der Waals surface area contributed by atoms with Gasteiger partial charge in [0.2, 0.25) is 0 Å². The first kappa shape index (κ1) is 14.2. The van der Waals surface area contributed by atoms with E-state index in [1.165, 1.54) is 31.2 Å². The van der Waals surface area contributed by atoms with Crippen molar-refractivity contribution in [2.75, 3.05) is 0 Å². The Kier molecular flexibility index (Phi) is 5.05. The standard InChI is InChI=1S/C18H25N/c1-3-4-13-18(14-9-8-10-16(18)2)19-15-17-11-6-5-7-12-17/h5-7,11-12,16,19H,3,8-10,14-15H2,1-2H3/t16-,18+/m1/s1. The maximum atomic E-state index is 3.76. The van der Waals surface area contributed by atoms with Gasteiger partial charge in [-0.15, -0.1) is 5.92 Å². The van der Waals surface area contributed by atoms with E-state index in [9.17, 15) is 0 Å². The number of rotatable bonds is 3. The molecular weight excluding hydrogens is 230 g/mol. The maximum Gasteiger partial charge on any atom is 0.0829 e. The van der Waals surface area contributed by atoms with Crippen LogP contribution in [0.4, 0.5) is 0 Å². The SMILES string of the molecule is CCC#C[C@]1(NCc2ccccc2)CCCC[C@H]1C. The summed E-state index contributed by atoms with van der Waals surface area (Å²) in [5, 5.41) is 3.76. The van der Waals surface area contributed by atoms with Crippen molar-refractivity contribution in [1.82, 2.24) is 5.32 Å². The van der Waals surface area contributed by atoms with Crippen LogP contribution in [0.25, 0.3) is 0 Å². The minimum Gasteiger partial charge on any atom is -0.297 e. The lowest BCUT2D eigenvalue weighted by Crippen LogP contribution is -2.50. The average Bonchev–Trinajstić information content (AvgIpc) is 2.46. The molecular formula is C18H25N. The highest BCUT2D eigenvalue weighted by Gasteiger charge is 2.35. The highest BCUT2D eigenvalue weighted by Crippen LogP contribution is 2.33. The third-order valence-electron chi connectivity index (χ3n) is 4.24. The van der Waals surface area contributed by atoms with Crippen LogP contribution in [0.1, 0.15) is 51.5 Å². The van der Waals surface area contributed by atoms with Gasteiger partial charge in [0.15, 0.2) is 0 Å². The van der Waals surface area contributed by atoms with E-state index in [0.29, 0.717) is 5.92 Å². The number of nitrogens with one attached hydrogen (secondary N) is 1. The molecule has 0 bridgehead atoms. The Bertz CT molecular complexity index is 440. The minimum atomic E-state index is 0.0318. The molecule has 1 aromatic rings. The van der Waals surface area contributed by atoms with Gasteiger partial charge in [0.1, 0.15) is 0 Å². The summed E-state index contributed by atoms with van der Waals surface area (Å²) in [6.07, 6.45) is 6.07. The Morgan fingerprint density at radius 2 is 2.05 bits per heavy atom. The minimum absolute atomic E-state index is 0.0318. The van der Waals surface area contributed by atoms with Crippen LogP contribution in [0.5, 0.6) is 0 Å². The highest BCUT2D eigenvalue weighted by atomic mass is 15.0. The second-order valence-electron chi connectivity index (χ2n) is 5.61. The second kappa shape index (κ2) is 6.78. The topological polar surface area (TPSA) is 12.0 Å². The Morgan fingerprint density at radius 3 is 2.74 bits per heavy atom. The Hall–Kier alpha value is -1.26. The lowest BCUT2D eigenvalue weighted by molar-refractivity contribution is 0.213. The van der Waals surface area contributed by atoms with Crippen LogP contribution in [0, 0.1) is 17.8 Å². The molecule has 1 heteroatoms. The van der Waals surface area contributed by atoms with Gasteiger partial charge in [-0.3, -0.25) is 5.32 Å². The zero-order chi connectivity index (χ0) is 13.6. The van der Waals surface area contributed by atoms with Crippen LogP contribution in [0.15, 0.2) is 30.3 Å². The molecule has 0 amide bonds. The molecule has 0 radical (unpaired) electrons. The van der Waals surface area contributed by atoms with Crippen LogP contribution in [-0.4, -0.2) is 5.54 Å². The fraction of sp³-hybridized carbons (Fsp3) is 0.556. The molecule has 19 heavy (non-hydrogen) atoms. The van der Waals surface area contributed by atoms with E-state index in [0.717, 1.165) is 13.0 Å². The summed E-state index contributed by atoms with van der Waals surface area (Å²) >= 11 is 0. The van der Waals surface area contributed by atoms with Crippen molar-refractivity contribution in [2.24, 2.45) is 5.92 Å². The lowest BCUT2D eigenvalue weighted by atomic mass is 9.74. The van der Waals surface area contributed by atoms with Crippen molar-refractivity contribution in [2.45, 2.75) is 58.0 Å². The summed E-state index contributed by atoms with van der Waals surface area (Å²) in [5.41, 5.74) is 1.38. The van der Waals surface area contributed by atoms with Crippen molar-refractivity contribution in [1.29, 1.82) is 0 Å². The van der Waals surface area contributed by atoms with Crippen LogP contribution >= 0.6 is 0 Å². The van der Waals surface area contributed by atoms with Gasteiger partial charge in [0.25, 0.3) is 0 Å². The largest absolute Gasteiger partial charge is 0.297 e. The summed E-state index contributed by atoms with van der Waals surface area (Å²) < 4.78 is 0.